The van der Waals surface area contributed by atoms with Gasteiger partial charge in [-0.15, -0.1) is 0 Å². The van der Waals surface area contributed by atoms with Crippen LogP contribution in [0.5, 0.6) is 0 Å². The van der Waals surface area contributed by atoms with Gasteiger partial charge < -0.3 is 4.90 Å². The topological polar surface area (TPSA) is 49.0 Å². The van der Waals surface area contributed by atoms with Crippen molar-refractivity contribution in [1.29, 1.82) is 0 Å². The average Bonchev–Trinajstić information content (AvgIpc) is 2.92. The molecule has 0 saturated carbocycles. The lowest BCUT2D eigenvalue weighted by Gasteiger charge is -2.33. The summed E-state index contributed by atoms with van der Waals surface area (Å²) in [4.78, 5) is 14.6. The standard InChI is InChI=1S/C17H20ClN3O/c1-12-10-19-20-16(12)8-13-4-3-7-21(11-13)17(22)14-5-2-6-15(18)9-14/h2,5-6,9-10,13H,3-4,7-8,11H2,1H3,(H,19,20)/t13-/m0/s1. The van der Waals surface area contributed by atoms with Crippen molar-refractivity contribution in [2.24, 2.45) is 5.92 Å². The van der Waals surface area contributed by atoms with Crippen molar-refractivity contribution in [2.75, 3.05) is 13.1 Å². The summed E-state index contributed by atoms with van der Waals surface area (Å²) in [6.45, 7) is 3.68. The second-order valence-electron chi connectivity index (χ2n) is 6.01. The van der Waals surface area contributed by atoms with Crippen LogP contribution in [0.3, 0.4) is 0 Å². The average molecular weight is 318 g/mol. The monoisotopic (exact) mass is 317 g/mol. The van der Waals surface area contributed by atoms with Gasteiger partial charge in [-0.25, -0.2) is 0 Å². The molecule has 1 aromatic carbocycles. The molecule has 0 bridgehead atoms. The van der Waals surface area contributed by atoms with Gasteiger partial charge in [0.05, 0.1) is 6.20 Å². The predicted octanol–water partition coefficient (Wildman–Crippen LogP) is 3.47. The van der Waals surface area contributed by atoms with E-state index in [0.717, 1.165) is 32.4 Å². The summed E-state index contributed by atoms with van der Waals surface area (Å²) in [5.74, 6) is 0.560. The van der Waals surface area contributed by atoms with E-state index in [2.05, 4.69) is 17.1 Å². The molecule has 2 aromatic rings. The minimum Gasteiger partial charge on any atom is -0.338 e. The highest BCUT2D eigenvalue weighted by Gasteiger charge is 2.25. The number of benzene rings is 1. The van der Waals surface area contributed by atoms with Crippen LogP contribution in [0.15, 0.2) is 30.5 Å². The van der Waals surface area contributed by atoms with Crippen molar-refractivity contribution in [3.63, 3.8) is 0 Å². The van der Waals surface area contributed by atoms with E-state index in [1.165, 1.54) is 11.3 Å². The van der Waals surface area contributed by atoms with Crippen molar-refractivity contribution in [3.8, 4) is 0 Å². The Morgan fingerprint density at radius 1 is 1.50 bits per heavy atom. The normalized spacial score (nSPS) is 18.5. The van der Waals surface area contributed by atoms with Crippen LogP contribution >= 0.6 is 11.6 Å². The summed E-state index contributed by atoms with van der Waals surface area (Å²) in [6.07, 6.45) is 5.00. The Morgan fingerprint density at radius 2 is 2.36 bits per heavy atom. The Morgan fingerprint density at radius 3 is 3.09 bits per heavy atom. The SMILES string of the molecule is Cc1cn[nH]c1C[C@@H]1CCCN(C(=O)c2cccc(Cl)c2)C1. The van der Waals surface area contributed by atoms with Crippen molar-refractivity contribution in [1.82, 2.24) is 15.1 Å². The zero-order valence-corrected chi connectivity index (χ0v) is 13.4. The number of amides is 1. The van der Waals surface area contributed by atoms with Gasteiger partial charge in [-0.1, -0.05) is 17.7 Å². The first-order chi connectivity index (χ1) is 10.6. The van der Waals surface area contributed by atoms with E-state index in [0.29, 0.717) is 16.5 Å². The second-order valence-corrected chi connectivity index (χ2v) is 6.44. The van der Waals surface area contributed by atoms with E-state index < -0.39 is 0 Å². The first-order valence-corrected chi connectivity index (χ1v) is 8.05. The molecule has 1 amide bonds. The molecule has 1 aromatic heterocycles. The van der Waals surface area contributed by atoms with Crippen molar-refractivity contribution < 1.29 is 4.79 Å². The Kier molecular flexibility index (Phi) is 4.48. The first-order valence-electron chi connectivity index (χ1n) is 7.67. The van der Waals surface area contributed by atoms with Gasteiger partial charge in [-0.2, -0.15) is 5.10 Å². The molecule has 0 aliphatic carbocycles. The summed E-state index contributed by atoms with van der Waals surface area (Å²) in [6, 6.07) is 7.19. The predicted molar refractivity (Wildman–Crippen MR) is 87.1 cm³/mol. The summed E-state index contributed by atoms with van der Waals surface area (Å²) in [5.41, 5.74) is 3.05. The number of H-pyrrole nitrogens is 1. The highest BCUT2D eigenvalue weighted by molar-refractivity contribution is 6.30. The maximum atomic E-state index is 12.6. The molecule has 3 rings (SSSR count). The lowest BCUT2D eigenvalue weighted by molar-refractivity contribution is 0.0672. The van der Waals surface area contributed by atoms with E-state index in [1.54, 1.807) is 12.1 Å². The Hall–Kier alpha value is -1.81. The summed E-state index contributed by atoms with van der Waals surface area (Å²) >= 11 is 5.99. The summed E-state index contributed by atoms with van der Waals surface area (Å²) in [5, 5.41) is 7.75. The number of likely N-dealkylation sites (tertiary alicyclic amines) is 1. The van der Waals surface area contributed by atoms with Crippen molar-refractivity contribution in [2.45, 2.75) is 26.2 Å². The number of hydrogen-bond donors (Lipinski definition) is 1. The number of aromatic amines is 1. The van der Waals surface area contributed by atoms with Crippen LogP contribution in [0.2, 0.25) is 5.02 Å². The fourth-order valence-electron chi connectivity index (χ4n) is 3.09. The smallest absolute Gasteiger partial charge is 0.253 e. The van der Waals surface area contributed by atoms with E-state index in [4.69, 9.17) is 11.6 Å². The zero-order chi connectivity index (χ0) is 15.5. The summed E-state index contributed by atoms with van der Waals surface area (Å²) < 4.78 is 0. The molecule has 5 heteroatoms. The van der Waals surface area contributed by atoms with Gasteiger partial charge in [0.15, 0.2) is 0 Å². The van der Waals surface area contributed by atoms with E-state index in [-0.39, 0.29) is 5.91 Å². The molecule has 1 aliphatic heterocycles. The van der Waals surface area contributed by atoms with Crippen molar-refractivity contribution in [3.05, 3.63) is 52.3 Å². The minimum atomic E-state index is 0.0773. The van der Waals surface area contributed by atoms with Gasteiger partial charge in [0.2, 0.25) is 0 Å². The van der Waals surface area contributed by atoms with Gasteiger partial charge in [0.1, 0.15) is 0 Å². The van der Waals surface area contributed by atoms with Crippen LogP contribution in [0.1, 0.15) is 34.5 Å². The molecule has 1 saturated heterocycles. The van der Waals surface area contributed by atoms with Crippen LogP contribution in [0.4, 0.5) is 0 Å². The molecule has 116 valence electrons. The lowest BCUT2D eigenvalue weighted by atomic mass is 9.92. The third-order valence-electron chi connectivity index (χ3n) is 4.30. The maximum Gasteiger partial charge on any atom is 0.253 e. The molecule has 1 aliphatic rings. The molecular weight excluding hydrogens is 298 g/mol. The maximum absolute atomic E-state index is 12.6. The van der Waals surface area contributed by atoms with Gasteiger partial charge >= 0.3 is 0 Å². The zero-order valence-electron chi connectivity index (χ0n) is 12.7. The number of nitrogens with zero attached hydrogens (tertiary/aromatic N) is 2. The van der Waals surface area contributed by atoms with Crippen molar-refractivity contribution >= 4 is 17.5 Å². The number of carbonyl (C=O) groups excluding carboxylic acids is 1. The number of aryl methyl sites for hydroxylation is 1. The number of rotatable bonds is 3. The van der Waals surface area contributed by atoms with Gasteiger partial charge in [-0.05, 0) is 55.9 Å². The minimum absolute atomic E-state index is 0.0773. The largest absolute Gasteiger partial charge is 0.338 e. The number of nitrogens with one attached hydrogen (secondary N) is 1. The third-order valence-corrected chi connectivity index (χ3v) is 4.54. The second kappa shape index (κ2) is 6.53. The van der Waals surface area contributed by atoms with Crippen LogP contribution < -0.4 is 0 Å². The molecule has 1 atom stereocenters. The Labute approximate surface area is 135 Å². The fourth-order valence-corrected chi connectivity index (χ4v) is 3.28. The number of piperidine rings is 1. The highest BCUT2D eigenvalue weighted by atomic mass is 35.5. The van der Waals surface area contributed by atoms with Gasteiger partial charge in [-0.3, -0.25) is 9.89 Å². The Balaban J connectivity index is 1.67. The fraction of sp³-hybridized carbons (Fsp3) is 0.412. The number of aromatic nitrogens is 2. The van der Waals surface area contributed by atoms with Gasteiger partial charge in [0.25, 0.3) is 5.91 Å². The molecule has 0 spiro atoms. The lowest BCUT2D eigenvalue weighted by Crippen LogP contribution is -2.40. The number of carbonyl (C=O) groups is 1. The number of hydrogen-bond acceptors (Lipinski definition) is 2. The molecule has 1 fully saturated rings. The molecule has 4 nitrogen and oxygen atoms in total. The molecule has 0 unspecified atom stereocenters. The molecular formula is C17H20ClN3O. The van der Waals surface area contributed by atoms with Crippen LogP contribution in [0, 0.1) is 12.8 Å². The first kappa shape index (κ1) is 15.1. The third kappa shape index (κ3) is 3.33. The Bertz CT molecular complexity index is 667. The van der Waals surface area contributed by atoms with E-state index >= 15 is 0 Å². The molecule has 22 heavy (non-hydrogen) atoms. The molecule has 0 radical (unpaired) electrons. The van der Waals surface area contributed by atoms with E-state index in [1.807, 2.05) is 23.2 Å². The van der Waals surface area contributed by atoms with E-state index in [9.17, 15) is 4.79 Å². The summed E-state index contributed by atoms with van der Waals surface area (Å²) in [7, 11) is 0. The van der Waals surface area contributed by atoms with Gasteiger partial charge in [0, 0.05) is 29.4 Å². The number of halogens is 1. The van der Waals surface area contributed by atoms with Crippen LogP contribution in [0.25, 0.3) is 0 Å². The molecule has 1 N–H and O–H groups in total. The highest BCUT2D eigenvalue weighted by Crippen LogP contribution is 2.23. The van der Waals surface area contributed by atoms with Crippen LogP contribution in [-0.4, -0.2) is 34.1 Å². The molecule has 2 heterocycles. The quantitative estimate of drug-likeness (QED) is 0.942. The van der Waals surface area contributed by atoms with Crippen LogP contribution in [-0.2, 0) is 6.42 Å².